The van der Waals surface area contributed by atoms with Crippen molar-refractivity contribution in [2.24, 2.45) is 0 Å². The predicted octanol–water partition coefficient (Wildman–Crippen LogP) is 5.42. The molecule has 2 aliphatic rings. The van der Waals surface area contributed by atoms with Gasteiger partial charge in [0.2, 0.25) is 0 Å². The molecule has 0 fully saturated rings. The summed E-state index contributed by atoms with van der Waals surface area (Å²) < 4.78 is 0. The number of hydrogen-bond donors (Lipinski definition) is 1. The van der Waals surface area contributed by atoms with Crippen LogP contribution in [0, 0.1) is 0 Å². The highest BCUT2D eigenvalue weighted by Gasteiger charge is 2.41. The molecule has 0 radical (unpaired) electrons. The number of allylic oxidation sites excluding steroid dienone is 7. The first kappa shape index (κ1) is 15.5. The summed E-state index contributed by atoms with van der Waals surface area (Å²) in [6, 6.07) is 21.4. The van der Waals surface area contributed by atoms with Gasteiger partial charge in [-0.15, -0.1) is 0 Å². The van der Waals surface area contributed by atoms with Crippen LogP contribution in [-0.2, 0) is 5.41 Å². The van der Waals surface area contributed by atoms with Crippen molar-refractivity contribution in [2.45, 2.75) is 11.8 Å². The van der Waals surface area contributed by atoms with Crippen molar-refractivity contribution in [3.05, 3.63) is 132 Å². The second-order valence-electron chi connectivity index (χ2n) is 6.37. The number of rotatable bonds is 2. The molecule has 2 aromatic carbocycles. The van der Waals surface area contributed by atoms with Gasteiger partial charge in [-0.25, -0.2) is 0 Å². The molecule has 1 heterocycles. The fourth-order valence-corrected chi connectivity index (χ4v) is 3.89. The van der Waals surface area contributed by atoms with Crippen molar-refractivity contribution >= 4 is 0 Å². The molecule has 1 N–H and O–H groups in total. The fourth-order valence-electron chi connectivity index (χ4n) is 3.89. The van der Waals surface area contributed by atoms with Gasteiger partial charge < -0.3 is 5.32 Å². The average Bonchev–Trinajstić information content (AvgIpc) is 3.13. The van der Waals surface area contributed by atoms with Gasteiger partial charge in [-0.3, -0.25) is 0 Å². The monoisotopic (exact) mass is 323 g/mol. The van der Waals surface area contributed by atoms with Crippen molar-refractivity contribution in [3.8, 4) is 0 Å². The van der Waals surface area contributed by atoms with Crippen molar-refractivity contribution < 1.29 is 0 Å². The maximum absolute atomic E-state index is 4.51. The molecule has 0 spiro atoms. The van der Waals surface area contributed by atoms with Crippen LogP contribution in [-0.4, -0.2) is 0 Å². The molecule has 0 aromatic heterocycles. The molecule has 122 valence electrons. The molecule has 25 heavy (non-hydrogen) atoms. The van der Waals surface area contributed by atoms with Gasteiger partial charge in [0.05, 0.1) is 5.41 Å². The van der Waals surface area contributed by atoms with E-state index in [1.807, 2.05) is 12.3 Å². The second-order valence-corrected chi connectivity index (χ2v) is 6.37. The SMILES string of the molecule is C=C1/C=C\C=C/NC2=C(C=CC2)C1(c1ccccc1)c1ccccc1. The van der Waals surface area contributed by atoms with Crippen molar-refractivity contribution in [3.63, 3.8) is 0 Å². The van der Waals surface area contributed by atoms with Gasteiger partial charge in [0.15, 0.2) is 0 Å². The molecule has 4 rings (SSSR count). The molecule has 1 aliphatic carbocycles. The highest BCUT2D eigenvalue weighted by Crippen LogP contribution is 2.48. The lowest BCUT2D eigenvalue weighted by Crippen LogP contribution is -2.32. The third-order valence-corrected chi connectivity index (χ3v) is 4.99. The Morgan fingerprint density at radius 3 is 2.08 bits per heavy atom. The van der Waals surface area contributed by atoms with Crippen molar-refractivity contribution in [2.75, 3.05) is 0 Å². The van der Waals surface area contributed by atoms with Crippen LogP contribution >= 0.6 is 0 Å². The topological polar surface area (TPSA) is 12.0 Å². The summed E-state index contributed by atoms with van der Waals surface area (Å²) in [5, 5.41) is 3.48. The Morgan fingerprint density at radius 1 is 0.800 bits per heavy atom. The first-order chi connectivity index (χ1) is 12.3. The van der Waals surface area contributed by atoms with E-state index >= 15 is 0 Å². The van der Waals surface area contributed by atoms with E-state index in [2.05, 4.69) is 96.9 Å². The number of nitrogens with one attached hydrogen (secondary N) is 1. The lowest BCUT2D eigenvalue weighted by atomic mass is 9.64. The zero-order valence-electron chi connectivity index (χ0n) is 14.2. The maximum atomic E-state index is 4.51. The summed E-state index contributed by atoms with van der Waals surface area (Å²) >= 11 is 0. The molecule has 1 heteroatoms. The predicted molar refractivity (Wildman–Crippen MR) is 105 cm³/mol. The number of benzene rings is 2. The van der Waals surface area contributed by atoms with Crippen molar-refractivity contribution in [1.29, 1.82) is 0 Å². The molecule has 0 bridgehead atoms. The van der Waals surface area contributed by atoms with E-state index in [1.165, 1.54) is 22.4 Å². The minimum atomic E-state index is -0.402. The summed E-state index contributed by atoms with van der Waals surface area (Å²) in [6.45, 7) is 4.51. The van der Waals surface area contributed by atoms with Crippen LogP contribution in [0.2, 0.25) is 0 Å². The molecule has 0 saturated carbocycles. The third-order valence-electron chi connectivity index (χ3n) is 4.99. The maximum Gasteiger partial charge on any atom is 0.0712 e. The average molecular weight is 323 g/mol. The number of hydrogen-bond acceptors (Lipinski definition) is 1. The van der Waals surface area contributed by atoms with E-state index in [1.54, 1.807) is 0 Å². The summed E-state index contributed by atoms with van der Waals surface area (Å²) in [7, 11) is 0. The first-order valence-electron chi connectivity index (χ1n) is 8.64. The largest absolute Gasteiger partial charge is 0.364 e. The van der Waals surface area contributed by atoms with E-state index in [9.17, 15) is 0 Å². The molecule has 1 nitrogen and oxygen atoms in total. The van der Waals surface area contributed by atoms with Crippen LogP contribution < -0.4 is 5.32 Å². The molecule has 0 amide bonds. The Hall–Kier alpha value is -3.06. The van der Waals surface area contributed by atoms with Gasteiger partial charge in [0.25, 0.3) is 0 Å². The van der Waals surface area contributed by atoms with E-state index in [0.29, 0.717) is 0 Å². The van der Waals surface area contributed by atoms with Gasteiger partial charge in [-0.05, 0) is 28.3 Å². The van der Waals surface area contributed by atoms with Gasteiger partial charge in [-0.2, -0.15) is 0 Å². The summed E-state index contributed by atoms with van der Waals surface area (Å²) in [6.07, 6.45) is 13.6. The minimum Gasteiger partial charge on any atom is -0.364 e. The molecule has 1 aliphatic heterocycles. The molecule has 0 saturated heterocycles. The molecule has 2 aromatic rings. The normalized spacial score (nSPS) is 20.9. The van der Waals surface area contributed by atoms with Gasteiger partial charge in [-0.1, -0.05) is 91.5 Å². The van der Waals surface area contributed by atoms with E-state index in [-0.39, 0.29) is 0 Å². The van der Waals surface area contributed by atoms with E-state index < -0.39 is 5.41 Å². The summed E-state index contributed by atoms with van der Waals surface area (Å²) in [5.74, 6) is 0. The molecular weight excluding hydrogens is 302 g/mol. The Morgan fingerprint density at radius 2 is 1.44 bits per heavy atom. The van der Waals surface area contributed by atoms with Crippen LogP contribution in [0.1, 0.15) is 17.5 Å². The van der Waals surface area contributed by atoms with Crippen LogP contribution in [0.3, 0.4) is 0 Å². The third kappa shape index (κ3) is 2.49. The Labute approximate surface area is 149 Å². The van der Waals surface area contributed by atoms with Gasteiger partial charge >= 0.3 is 0 Å². The summed E-state index contributed by atoms with van der Waals surface area (Å²) in [5.41, 5.74) is 5.63. The van der Waals surface area contributed by atoms with E-state index in [4.69, 9.17) is 0 Å². The van der Waals surface area contributed by atoms with E-state index in [0.717, 1.165) is 12.0 Å². The van der Waals surface area contributed by atoms with Crippen LogP contribution in [0.5, 0.6) is 0 Å². The highest BCUT2D eigenvalue weighted by atomic mass is 14.9. The standard InChI is InChI=1S/C24H21N/c1-19-11-8-9-18-25-23-17-10-16-22(23)24(19,20-12-4-2-5-13-20)21-14-6-3-7-15-21/h2-16,18,25H,1,17H2/b11-8-,18-9-. The van der Waals surface area contributed by atoms with Crippen molar-refractivity contribution in [1.82, 2.24) is 5.32 Å². The highest BCUT2D eigenvalue weighted by molar-refractivity contribution is 5.64. The lowest BCUT2D eigenvalue weighted by molar-refractivity contribution is 0.729. The Kier molecular flexibility index (Phi) is 3.99. The van der Waals surface area contributed by atoms with Crippen LogP contribution in [0.4, 0.5) is 0 Å². The molecule has 0 unspecified atom stereocenters. The zero-order valence-corrected chi connectivity index (χ0v) is 14.2. The van der Waals surface area contributed by atoms with Gasteiger partial charge in [0, 0.05) is 18.3 Å². The smallest absolute Gasteiger partial charge is 0.0712 e. The molecule has 0 atom stereocenters. The van der Waals surface area contributed by atoms with Gasteiger partial charge in [0.1, 0.15) is 0 Å². The van der Waals surface area contributed by atoms with Crippen LogP contribution in [0.15, 0.2) is 121 Å². The first-order valence-corrected chi connectivity index (χ1v) is 8.64. The molecular formula is C24H21N. The second kappa shape index (κ2) is 6.45. The zero-order chi connectivity index (χ0) is 17.1. The Balaban J connectivity index is 2.10. The Bertz CT molecular complexity index is 856. The summed E-state index contributed by atoms with van der Waals surface area (Å²) in [4.78, 5) is 0. The minimum absolute atomic E-state index is 0.402. The quantitative estimate of drug-likeness (QED) is 0.778. The van der Waals surface area contributed by atoms with Crippen LogP contribution in [0.25, 0.3) is 0 Å². The fraction of sp³-hybridized carbons (Fsp3) is 0.0833. The lowest BCUT2D eigenvalue weighted by Gasteiger charge is -2.38.